The SMILES string of the molecule is CCC(CC)NC(=O)C(C)Nc1cc(C)cc(F)c1. The number of halogens is 1. The van der Waals surface area contributed by atoms with Crippen molar-refractivity contribution in [3.63, 3.8) is 0 Å². The van der Waals surface area contributed by atoms with Gasteiger partial charge in [0.05, 0.1) is 0 Å². The molecule has 1 rings (SSSR count). The zero-order valence-electron chi connectivity index (χ0n) is 12.1. The lowest BCUT2D eigenvalue weighted by Gasteiger charge is -2.20. The van der Waals surface area contributed by atoms with Crippen molar-refractivity contribution >= 4 is 11.6 Å². The van der Waals surface area contributed by atoms with Crippen molar-refractivity contribution in [2.24, 2.45) is 0 Å². The number of carbonyl (C=O) groups is 1. The van der Waals surface area contributed by atoms with Crippen LogP contribution in [0, 0.1) is 12.7 Å². The van der Waals surface area contributed by atoms with Gasteiger partial charge in [-0.25, -0.2) is 4.39 Å². The molecule has 0 radical (unpaired) electrons. The minimum Gasteiger partial charge on any atom is -0.374 e. The van der Waals surface area contributed by atoms with Gasteiger partial charge < -0.3 is 10.6 Å². The lowest BCUT2D eigenvalue weighted by Crippen LogP contribution is -2.42. The molecular formula is C15H23FN2O. The van der Waals surface area contributed by atoms with E-state index in [0.717, 1.165) is 18.4 Å². The molecule has 1 aromatic carbocycles. The molecule has 1 aromatic rings. The van der Waals surface area contributed by atoms with E-state index < -0.39 is 0 Å². The van der Waals surface area contributed by atoms with Crippen LogP contribution in [-0.4, -0.2) is 18.0 Å². The van der Waals surface area contributed by atoms with Crippen LogP contribution in [0.25, 0.3) is 0 Å². The maximum absolute atomic E-state index is 13.3. The molecule has 1 atom stereocenters. The zero-order chi connectivity index (χ0) is 14.4. The Kier molecular flexibility index (Phi) is 5.80. The predicted molar refractivity (Wildman–Crippen MR) is 76.7 cm³/mol. The molecule has 0 aromatic heterocycles. The maximum atomic E-state index is 13.3. The van der Waals surface area contributed by atoms with Gasteiger partial charge in [-0.2, -0.15) is 0 Å². The second kappa shape index (κ2) is 7.12. The van der Waals surface area contributed by atoms with E-state index >= 15 is 0 Å². The van der Waals surface area contributed by atoms with Crippen LogP contribution in [0.1, 0.15) is 39.2 Å². The van der Waals surface area contributed by atoms with Crippen LogP contribution in [-0.2, 0) is 4.79 Å². The Labute approximate surface area is 114 Å². The molecule has 106 valence electrons. The zero-order valence-corrected chi connectivity index (χ0v) is 12.1. The lowest BCUT2D eigenvalue weighted by atomic mass is 10.1. The number of hydrogen-bond acceptors (Lipinski definition) is 2. The highest BCUT2D eigenvalue weighted by Crippen LogP contribution is 2.14. The monoisotopic (exact) mass is 266 g/mol. The number of hydrogen-bond donors (Lipinski definition) is 2. The van der Waals surface area contributed by atoms with Crippen molar-refractivity contribution in [1.29, 1.82) is 0 Å². The molecule has 4 heteroatoms. The maximum Gasteiger partial charge on any atom is 0.242 e. The molecule has 0 heterocycles. The average molecular weight is 266 g/mol. The van der Waals surface area contributed by atoms with Gasteiger partial charge in [0.1, 0.15) is 11.9 Å². The number of carbonyl (C=O) groups excluding carboxylic acids is 1. The molecule has 0 bridgehead atoms. The van der Waals surface area contributed by atoms with Gasteiger partial charge in [0.25, 0.3) is 0 Å². The van der Waals surface area contributed by atoms with Crippen molar-refractivity contribution in [3.8, 4) is 0 Å². The van der Waals surface area contributed by atoms with Crippen LogP contribution < -0.4 is 10.6 Å². The largest absolute Gasteiger partial charge is 0.374 e. The highest BCUT2D eigenvalue weighted by molar-refractivity contribution is 5.84. The number of rotatable bonds is 6. The van der Waals surface area contributed by atoms with Crippen LogP contribution in [0.2, 0.25) is 0 Å². The summed E-state index contributed by atoms with van der Waals surface area (Å²) in [7, 11) is 0. The third-order valence-corrected chi connectivity index (χ3v) is 3.15. The van der Waals surface area contributed by atoms with Crippen molar-refractivity contribution in [1.82, 2.24) is 5.32 Å². The Balaban J connectivity index is 2.63. The van der Waals surface area contributed by atoms with Gasteiger partial charge >= 0.3 is 0 Å². The highest BCUT2D eigenvalue weighted by Gasteiger charge is 2.15. The van der Waals surface area contributed by atoms with Crippen LogP contribution in [0.3, 0.4) is 0 Å². The number of anilines is 1. The third kappa shape index (κ3) is 4.89. The summed E-state index contributed by atoms with van der Waals surface area (Å²) in [5.41, 5.74) is 1.46. The molecule has 1 unspecified atom stereocenters. The van der Waals surface area contributed by atoms with Crippen molar-refractivity contribution < 1.29 is 9.18 Å². The second-order valence-electron chi connectivity index (χ2n) is 4.91. The summed E-state index contributed by atoms with van der Waals surface area (Å²) in [6, 6.07) is 4.49. The van der Waals surface area contributed by atoms with Gasteiger partial charge in [-0.1, -0.05) is 13.8 Å². The number of aryl methyl sites for hydroxylation is 1. The van der Waals surface area contributed by atoms with Crippen molar-refractivity contribution in [2.75, 3.05) is 5.32 Å². The molecule has 0 aliphatic heterocycles. The number of amides is 1. The average Bonchev–Trinajstić information content (AvgIpc) is 2.34. The fourth-order valence-electron chi connectivity index (χ4n) is 1.95. The minimum atomic E-state index is -0.387. The summed E-state index contributed by atoms with van der Waals surface area (Å²) in [6.07, 6.45) is 1.82. The van der Waals surface area contributed by atoms with Crippen LogP contribution in [0.4, 0.5) is 10.1 Å². The van der Waals surface area contributed by atoms with Gasteiger partial charge in [-0.3, -0.25) is 4.79 Å². The van der Waals surface area contributed by atoms with Crippen molar-refractivity contribution in [2.45, 2.75) is 52.6 Å². The molecule has 19 heavy (non-hydrogen) atoms. The van der Waals surface area contributed by atoms with E-state index in [-0.39, 0.29) is 23.8 Å². The normalized spacial score (nSPS) is 12.3. The van der Waals surface area contributed by atoms with Gasteiger partial charge in [-0.15, -0.1) is 0 Å². The molecule has 0 aliphatic rings. The summed E-state index contributed by atoms with van der Waals surface area (Å²) in [5.74, 6) is -0.356. The van der Waals surface area contributed by atoms with Crippen LogP contribution in [0.5, 0.6) is 0 Å². The minimum absolute atomic E-state index is 0.0596. The summed E-state index contributed by atoms with van der Waals surface area (Å²) >= 11 is 0. The first-order valence-corrected chi connectivity index (χ1v) is 6.80. The first kappa shape index (κ1) is 15.5. The molecule has 2 N–H and O–H groups in total. The standard InChI is InChI=1S/C15H23FN2O/c1-5-13(6-2)18-15(19)11(4)17-14-8-10(3)7-12(16)9-14/h7-9,11,13,17H,5-6H2,1-4H3,(H,18,19). The predicted octanol–water partition coefficient (Wildman–Crippen LogP) is 3.24. The molecule has 0 saturated carbocycles. The first-order valence-electron chi connectivity index (χ1n) is 6.80. The topological polar surface area (TPSA) is 41.1 Å². The highest BCUT2D eigenvalue weighted by atomic mass is 19.1. The summed E-state index contributed by atoms with van der Waals surface area (Å²) < 4.78 is 13.3. The first-order chi connectivity index (χ1) is 8.96. The van der Waals surface area contributed by atoms with E-state index in [1.165, 1.54) is 12.1 Å². The van der Waals surface area contributed by atoms with E-state index in [2.05, 4.69) is 10.6 Å². The Morgan fingerprint density at radius 3 is 2.42 bits per heavy atom. The molecule has 0 fully saturated rings. The fourth-order valence-corrected chi connectivity index (χ4v) is 1.95. The Hall–Kier alpha value is -1.58. The van der Waals surface area contributed by atoms with Crippen molar-refractivity contribution in [3.05, 3.63) is 29.6 Å². The van der Waals surface area contributed by atoms with E-state index in [4.69, 9.17) is 0 Å². The molecule has 0 spiro atoms. The van der Waals surface area contributed by atoms with Gasteiger partial charge in [0, 0.05) is 11.7 Å². The molecule has 1 amide bonds. The van der Waals surface area contributed by atoms with Crippen LogP contribution >= 0.6 is 0 Å². The van der Waals surface area contributed by atoms with E-state index in [1.807, 2.05) is 26.8 Å². The Morgan fingerprint density at radius 1 is 1.26 bits per heavy atom. The number of nitrogens with one attached hydrogen (secondary N) is 2. The number of benzene rings is 1. The quantitative estimate of drug-likeness (QED) is 0.830. The molecule has 0 aliphatic carbocycles. The summed E-state index contributed by atoms with van der Waals surface area (Å²) in [5, 5.41) is 6.00. The Bertz CT molecular complexity index is 410. The van der Waals surface area contributed by atoms with E-state index in [9.17, 15) is 9.18 Å². The van der Waals surface area contributed by atoms with Gasteiger partial charge in [0.2, 0.25) is 5.91 Å². The second-order valence-corrected chi connectivity index (χ2v) is 4.91. The molecule has 0 saturated heterocycles. The lowest BCUT2D eigenvalue weighted by molar-refractivity contribution is -0.122. The summed E-state index contributed by atoms with van der Waals surface area (Å²) in [4.78, 5) is 12.0. The Morgan fingerprint density at radius 2 is 1.89 bits per heavy atom. The van der Waals surface area contributed by atoms with Crippen LogP contribution in [0.15, 0.2) is 18.2 Å². The molecule has 3 nitrogen and oxygen atoms in total. The fraction of sp³-hybridized carbons (Fsp3) is 0.533. The van der Waals surface area contributed by atoms with Gasteiger partial charge in [0.15, 0.2) is 0 Å². The molecular weight excluding hydrogens is 243 g/mol. The van der Waals surface area contributed by atoms with E-state index in [1.54, 1.807) is 6.92 Å². The van der Waals surface area contributed by atoms with Gasteiger partial charge in [-0.05, 0) is 50.5 Å². The third-order valence-electron chi connectivity index (χ3n) is 3.15. The smallest absolute Gasteiger partial charge is 0.242 e. The summed E-state index contributed by atoms with van der Waals surface area (Å²) in [6.45, 7) is 7.69. The van der Waals surface area contributed by atoms with E-state index in [0.29, 0.717) is 5.69 Å².